The Morgan fingerprint density at radius 3 is 1.97 bits per heavy atom. The number of hydrogen-bond acceptors (Lipinski definition) is 6. The summed E-state index contributed by atoms with van der Waals surface area (Å²) in [5.74, 6) is -0.00266. The summed E-state index contributed by atoms with van der Waals surface area (Å²) in [6, 6.07) is 9.54. The van der Waals surface area contributed by atoms with Gasteiger partial charge in [-0.05, 0) is 46.7 Å². The number of thioether (sulfide) groups is 1. The number of nitrogens with zero attached hydrogens (tertiary/aromatic N) is 2. The van der Waals surface area contributed by atoms with Gasteiger partial charge in [-0.3, -0.25) is 19.8 Å². The highest BCUT2D eigenvalue weighted by atomic mass is 32.2. The quantitative estimate of drug-likeness (QED) is 0.245. The summed E-state index contributed by atoms with van der Waals surface area (Å²) in [6.45, 7) is 12.2. The van der Waals surface area contributed by atoms with Crippen molar-refractivity contribution < 1.29 is 14.8 Å². The number of benzene rings is 2. The van der Waals surface area contributed by atoms with Crippen molar-refractivity contribution in [1.82, 2.24) is 0 Å². The zero-order chi connectivity index (χ0) is 24.0. The first-order valence-electron chi connectivity index (χ1n) is 10.1. The minimum Gasteiger partial charge on any atom is -0.507 e. The summed E-state index contributed by atoms with van der Waals surface area (Å²) in [5, 5.41) is 21.8. The van der Waals surface area contributed by atoms with Crippen LogP contribution in [0.4, 0.5) is 11.4 Å². The number of amides is 1. The predicted octanol–water partition coefficient (Wildman–Crippen LogP) is 6.30. The van der Waals surface area contributed by atoms with E-state index in [2.05, 4.69) is 0 Å². The lowest BCUT2D eigenvalue weighted by Gasteiger charge is -2.28. The molecule has 1 heterocycles. The van der Waals surface area contributed by atoms with Crippen molar-refractivity contribution in [2.24, 2.45) is 0 Å². The Bertz CT molecular complexity index is 1110. The largest absolute Gasteiger partial charge is 0.507 e. The van der Waals surface area contributed by atoms with Crippen molar-refractivity contribution in [2.45, 2.75) is 52.4 Å². The van der Waals surface area contributed by atoms with Crippen LogP contribution in [0, 0.1) is 10.1 Å². The zero-order valence-electron chi connectivity index (χ0n) is 18.9. The van der Waals surface area contributed by atoms with Crippen LogP contribution in [0.2, 0.25) is 0 Å². The monoisotopic (exact) mass is 470 g/mol. The second-order valence-electron chi connectivity index (χ2n) is 9.76. The van der Waals surface area contributed by atoms with Gasteiger partial charge in [-0.15, -0.1) is 0 Å². The summed E-state index contributed by atoms with van der Waals surface area (Å²) in [7, 11) is 0. The zero-order valence-corrected chi connectivity index (χ0v) is 20.6. The first-order chi connectivity index (χ1) is 14.7. The Hall–Kier alpha value is -2.71. The molecule has 0 atom stereocenters. The molecule has 1 amide bonds. The Labute approximate surface area is 197 Å². The molecule has 1 saturated heterocycles. The van der Waals surface area contributed by atoms with E-state index >= 15 is 0 Å². The van der Waals surface area contributed by atoms with Crippen molar-refractivity contribution >= 4 is 51.7 Å². The van der Waals surface area contributed by atoms with E-state index < -0.39 is 4.92 Å². The summed E-state index contributed by atoms with van der Waals surface area (Å²) in [5.41, 5.74) is 2.28. The number of anilines is 1. The second kappa shape index (κ2) is 8.33. The number of nitro groups is 1. The van der Waals surface area contributed by atoms with Crippen LogP contribution in [-0.2, 0) is 15.6 Å². The number of thiocarbonyl (C=S) groups is 1. The number of aromatic hydroxyl groups is 1. The maximum absolute atomic E-state index is 13.1. The molecule has 0 radical (unpaired) electrons. The highest BCUT2D eigenvalue weighted by Crippen LogP contribution is 2.42. The van der Waals surface area contributed by atoms with E-state index in [1.807, 2.05) is 53.7 Å². The van der Waals surface area contributed by atoms with Gasteiger partial charge in [0.25, 0.3) is 11.6 Å². The molecule has 2 aromatic rings. The molecule has 0 bridgehead atoms. The molecule has 2 aromatic carbocycles. The molecule has 168 valence electrons. The average Bonchev–Trinajstić information content (AvgIpc) is 2.94. The average molecular weight is 471 g/mol. The van der Waals surface area contributed by atoms with Crippen molar-refractivity contribution in [3.05, 3.63) is 68.1 Å². The molecule has 8 heteroatoms. The summed E-state index contributed by atoms with van der Waals surface area (Å²) in [4.78, 5) is 25.4. The molecule has 1 fully saturated rings. The Morgan fingerprint density at radius 1 is 1.03 bits per heavy atom. The molecule has 1 N–H and O–H groups in total. The molecule has 0 aliphatic carbocycles. The Kier molecular flexibility index (Phi) is 6.23. The van der Waals surface area contributed by atoms with Gasteiger partial charge in [0.1, 0.15) is 5.75 Å². The molecular weight excluding hydrogens is 444 g/mol. The van der Waals surface area contributed by atoms with Crippen LogP contribution in [0.25, 0.3) is 6.08 Å². The number of phenols is 1. The lowest BCUT2D eigenvalue weighted by Crippen LogP contribution is -2.27. The van der Waals surface area contributed by atoms with Crippen LogP contribution in [0.15, 0.2) is 41.3 Å². The highest BCUT2D eigenvalue weighted by molar-refractivity contribution is 8.27. The molecule has 1 aliphatic heterocycles. The van der Waals surface area contributed by atoms with Crippen LogP contribution in [0.5, 0.6) is 5.75 Å². The van der Waals surface area contributed by atoms with Gasteiger partial charge in [0.2, 0.25) is 0 Å². The van der Waals surface area contributed by atoms with Gasteiger partial charge in [-0.2, -0.15) is 0 Å². The van der Waals surface area contributed by atoms with Gasteiger partial charge >= 0.3 is 0 Å². The molecule has 6 nitrogen and oxygen atoms in total. The maximum atomic E-state index is 13.1. The lowest BCUT2D eigenvalue weighted by molar-refractivity contribution is -0.384. The SMILES string of the molecule is CC(C)(C)c1cc(/C=C2/SC(=S)N(c3ccc([N+](=O)[O-])cc3)C2=O)cc(C(C)(C)C)c1O. The number of carbonyl (C=O) groups is 1. The number of hydrogen-bond donors (Lipinski definition) is 1. The third-order valence-corrected chi connectivity index (χ3v) is 6.46. The van der Waals surface area contributed by atoms with Gasteiger partial charge in [-0.25, -0.2) is 0 Å². The fraction of sp³-hybridized carbons (Fsp3) is 0.333. The molecule has 32 heavy (non-hydrogen) atoms. The first kappa shape index (κ1) is 23.9. The Balaban J connectivity index is 2.04. The predicted molar refractivity (Wildman–Crippen MR) is 134 cm³/mol. The van der Waals surface area contributed by atoms with Crippen LogP contribution in [0.3, 0.4) is 0 Å². The van der Waals surface area contributed by atoms with E-state index in [1.165, 1.54) is 40.9 Å². The molecule has 1 aliphatic rings. The van der Waals surface area contributed by atoms with Crippen LogP contribution in [0.1, 0.15) is 58.2 Å². The number of phenolic OH excluding ortho intramolecular Hbond substituents is 1. The molecule has 3 rings (SSSR count). The second-order valence-corrected chi connectivity index (χ2v) is 11.4. The smallest absolute Gasteiger partial charge is 0.270 e. The van der Waals surface area contributed by atoms with Crippen molar-refractivity contribution in [3.63, 3.8) is 0 Å². The minimum absolute atomic E-state index is 0.0526. The standard InChI is InChI=1S/C24H26N2O4S2/c1-23(2,3)17-11-14(12-18(20(17)27)24(4,5)6)13-19-21(28)25(22(31)32-19)15-7-9-16(10-8-15)26(29)30/h7-13,27H,1-6H3/b19-13+. The van der Waals surface area contributed by atoms with Gasteiger partial charge in [0, 0.05) is 23.3 Å². The molecule has 0 spiro atoms. The van der Waals surface area contributed by atoms with Gasteiger partial charge < -0.3 is 5.11 Å². The van der Waals surface area contributed by atoms with Crippen molar-refractivity contribution in [2.75, 3.05) is 4.90 Å². The van der Waals surface area contributed by atoms with E-state index in [9.17, 15) is 20.0 Å². The number of rotatable bonds is 3. The topological polar surface area (TPSA) is 83.7 Å². The third-order valence-electron chi connectivity index (χ3n) is 5.16. The van der Waals surface area contributed by atoms with E-state index in [4.69, 9.17) is 12.2 Å². The van der Waals surface area contributed by atoms with E-state index in [1.54, 1.807) is 6.08 Å². The van der Waals surface area contributed by atoms with Gasteiger partial charge in [0.05, 0.1) is 15.5 Å². The number of carbonyl (C=O) groups excluding carboxylic acids is 1. The molecule has 0 aromatic heterocycles. The van der Waals surface area contributed by atoms with Crippen LogP contribution < -0.4 is 4.90 Å². The van der Waals surface area contributed by atoms with Crippen molar-refractivity contribution in [1.29, 1.82) is 0 Å². The molecule has 0 unspecified atom stereocenters. The maximum Gasteiger partial charge on any atom is 0.270 e. The lowest BCUT2D eigenvalue weighted by atomic mass is 9.78. The number of nitro benzene ring substituents is 1. The van der Waals surface area contributed by atoms with E-state index in [-0.39, 0.29) is 28.2 Å². The van der Waals surface area contributed by atoms with Crippen LogP contribution in [-0.4, -0.2) is 20.3 Å². The highest BCUT2D eigenvalue weighted by Gasteiger charge is 2.34. The summed E-state index contributed by atoms with van der Waals surface area (Å²) >= 11 is 6.61. The molecule has 0 saturated carbocycles. The number of non-ortho nitro benzene ring substituents is 1. The molecular formula is C24H26N2O4S2. The normalized spacial score (nSPS) is 16.2. The van der Waals surface area contributed by atoms with Crippen molar-refractivity contribution in [3.8, 4) is 5.75 Å². The van der Waals surface area contributed by atoms with Gasteiger partial charge in [-0.1, -0.05) is 65.5 Å². The van der Waals surface area contributed by atoms with E-state index in [0.29, 0.717) is 14.9 Å². The van der Waals surface area contributed by atoms with E-state index in [0.717, 1.165) is 16.7 Å². The van der Waals surface area contributed by atoms with Gasteiger partial charge in [0.15, 0.2) is 4.32 Å². The summed E-state index contributed by atoms with van der Waals surface area (Å²) < 4.78 is 0.362. The summed E-state index contributed by atoms with van der Waals surface area (Å²) in [6.07, 6.45) is 1.79. The van der Waals surface area contributed by atoms with Crippen LogP contribution >= 0.6 is 24.0 Å². The third kappa shape index (κ3) is 4.71. The fourth-order valence-electron chi connectivity index (χ4n) is 3.45. The fourth-order valence-corrected chi connectivity index (χ4v) is 4.75. The minimum atomic E-state index is -0.488. The first-order valence-corrected chi connectivity index (χ1v) is 11.3. The Morgan fingerprint density at radius 2 is 1.53 bits per heavy atom.